The van der Waals surface area contributed by atoms with E-state index in [1.165, 1.54) is 0 Å². The zero-order valence-electron chi connectivity index (χ0n) is 19.8. The Labute approximate surface area is 204 Å². The molecule has 5 rings (SSSR count). The maximum atomic E-state index is 11.6. The minimum atomic E-state index is -0.975. The van der Waals surface area contributed by atoms with E-state index in [9.17, 15) is 9.90 Å². The van der Waals surface area contributed by atoms with E-state index in [0.29, 0.717) is 17.9 Å². The fourth-order valence-corrected chi connectivity index (χ4v) is 4.43. The fraction of sp³-hybridized carbons (Fsp3) is 0.286. The summed E-state index contributed by atoms with van der Waals surface area (Å²) in [6.45, 7) is 7.28. The highest BCUT2D eigenvalue weighted by atomic mass is 16.5. The third kappa shape index (κ3) is 5.37. The maximum absolute atomic E-state index is 11.6. The standard InChI is InChI=1S/C28H29N3O4/c1-19-17-24(28(32)33)26-25(18-19)29-27(30-26)22-5-3-20(4-6-22)21-7-9-23(10-8-21)35-14-2-11-31-12-15-34-16-13-31/h3-10,17-18H,2,11-16H2,1H3,(H,29,30)(H,32,33). The van der Waals surface area contributed by atoms with Crippen molar-refractivity contribution in [3.8, 4) is 28.3 Å². The highest BCUT2D eigenvalue weighted by molar-refractivity contribution is 6.02. The van der Waals surface area contributed by atoms with Gasteiger partial charge < -0.3 is 19.6 Å². The Morgan fingerprint density at radius 3 is 2.37 bits per heavy atom. The molecular weight excluding hydrogens is 442 g/mol. The predicted octanol–water partition coefficient (Wildman–Crippen LogP) is 5.00. The van der Waals surface area contributed by atoms with Crippen LogP contribution in [0, 0.1) is 6.92 Å². The molecule has 0 saturated carbocycles. The number of hydrogen-bond acceptors (Lipinski definition) is 5. The van der Waals surface area contributed by atoms with Crippen molar-refractivity contribution in [2.45, 2.75) is 13.3 Å². The first-order valence-corrected chi connectivity index (χ1v) is 11.9. The van der Waals surface area contributed by atoms with Crippen molar-refractivity contribution in [2.24, 2.45) is 0 Å². The van der Waals surface area contributed by atoms with Gasteiger partial charge in [-0.15, -0.1) is 0 Å². The number of aromatic nitrogens is 2. The molecular formula is C28H29N3O4. The van der Waals surface area contributed by atoms with Crippen LogP contribution in [0.3, 0.4) is 0 Å². The number of carboxylic acids is 1. The van der Waals surface area contributed by atoms with Crippen LogP contribution in [0.1, 0.15) is 22.3 Å². The average molecular weight is 472 g/mol. The van der Waals surface area contributed by atoms with Crippen molar-refractivity contribution in [3.63, 3.8) is 0 Å². The van der Waals surface area contributed by atoms with Gasteiger partial charge in [0.15, 0.2) is 0 Å². The van der Waals surface area contributed by atoms with E-state index in [1.54, 1.807) is 6.07 Å². The van der Waals surface area contributed by atoms with Gasteiger partial charge in [-0.05, 0) is 54.3 Å². The van der Waals surface area contributed by atoms with Crippen molar-refractivity contribution in [2.75, 3.05) is 39.5 Å². The van der Waals surface area contributed by atoms with Gasteiger partial charge in [0, 0.05) is 25.2 Å². The van der Waals surface area contributed by atoms with Crippen LogP contribution in [-0.4, -0.2) is 65.4 Å². The number of H-pyrrole nitrogens is 1. The molecule has 0 atom stereocenters. The van der Waals surface area contributed by atoms with E-state index >= 15 is 0 Å². The van der Waals surface area contributed by atoms with Gasteiger partial charge in [0.1, 0.15) is 17.1 Å². The summed E-state index contributed by atoms with van der Waals surface area (Å²) in [5, 5.41) is 9.51. The third-order valence-electron chi connectivity index (χ3n) is 6.30. The van der Waals surface area contributed by atoms with Crippen LogP contribution in [0.25, 0.3) is 33.5 Å². The second-order valence-electron chi connectivity index (χ2n) is 8.86. The molecule has 180 valence electrons. The molecule has 1 aliphatic heterocycles. The van der Waals surface area contributed by atoms with Gasteiger partial charge >= 0.3 is 5.97 Å². The van der Waals surface area contributed by atoms with Crippen molar-refractivity contribution < 1.29 is 19.4 Å². The van der Waals surface area contributed by atoms with Crippen LogP contribution in [0.15, 0.2) is 60.7 Å². The molecule has 7 nitrogen and oxygen atoms in total. The summed E-state index contributed by atoms with van der Waals surface area (Å²) in [6, 6.07) is 19.8. The molecule has 0 amide bonds. The number of carboxylic acid groups (broad SMARTS) is 1. The molecule has 2 heterocycles. The summed E-state index contributed by atoms with van der Waals surface area (Å²) in [4.78, 5) is 21.8. The number of aromatic carboxylic acids is 1. The first-order valence-electron chi connectivity index (χ1n) is 11.9. The average Bonchev–Trinajstić information content (AvgIpc) is 3.31. The van der Waals surface area contributed by atoms with E-state index in [0.717, 1.165) is 72.8 Å². The number of imidazole rings is 1. The number of benzene rings is 3. The van der Waals surface area contributed by atoms with Crippen LogP contribution in [0.4, 0.5) is 0 Å². The Hall–Kier alpha value is -3.68. The topological polar surface area (TPSA) is 87.7 Å². The smallest absolute Gasteiger partial charge is 0.337 e. The summed E-state index contributed by atoms with van der Waals surface area (Å²) in [5.74, 6) is 0.552. The molecule has 3 aromatic carbocycles. The normalized spacial score (nSPS) is 14.3. The number of aromatic amines is 1. The lowest BCUT2D eigenvalue weighted by molar-refractivity contribution is 0.0358. The Bertz CT molecular complexity index is 1310. The maximum Gasteiger partial charge on any atom is 0.337 e. The number of carbonyl (C=O) groups is 1. The molecule has 7 heteroatoms. The summed E-state index contributed by atoms with van der Waals surface area (Å²) in [6.07, 6.45) is 0.999. The molecule has 4 aromatic rings. The second-order valence-corrected chi connectivity index (χ2v) is 8.86. The SMILES string of the molecule is Cc1cc(C(=O)O)c2nc(-c3ccc(-c4ccc(OCCCN5CCOCC5)cc4)cc3)[nH]c2c1. The Balaban J connectivity index is 1.22. The summed E-state index contributed by atoms with van der Waals surface area (Å²) in [5.41, 5.74) is 5.38. The van der Waals surface area contributed by atoms with Crippen molar-refractivity contribution >= 4 is 17.0 Å². The summed E-state index contributed by atoms with van der Waals surface area (Å²) < 4.78 is 11.3. The molecule has 1 aromatic heterocycles. The molecule has 0 unspecified atom stereocenters. The lowest BCUT2D eigenvalue weighted by Gasteiger charge is -2.26. The molecule has 35 heavy (non-hydrogen) atoms. The predicted molar refractivity (Wildman–Crippen MR) is 136 cm³/mol. The van der Waals surface area contributed by atoms with E-state index in [4.69, 9.17) is 9.47 Å². The minimum Gasteiger partial charge on any atom is -0.494 e. The van der Waals surface area contributed by atoms with Crippen LogP contribution in [0.2, 0.25) is 0 Å². The molecule has 0 bridgehead atoms. The van der Waals surface area contributed by atoms with Crippen LogP contribution < -0.4 is 4.74 Å². The molecule has 2 N–H and O–H groups in total. The second kappa shape index (κ2) is 10.3. The number of fused-ring (bicyclic) bond motifs is 1. The number of nitrogens with one attached hydrogen (secondary N) is 1. The van der Waals surface area contributed by atoms with Gasteiger partial charge in [-0.1, -0.05) is 36.4 Å². The molecule has 1 saturated heterocycles. The van der Waals surface area contributed by atoms with E-state index in [2.05, 4.69) is 27.0 Å². The molecule has 0 radical (unpaired) electrons. The van der Waals surface area contributed by atoms with Crippen LogP contribution >= 0.6 is 0 Å². The fourth-order valence-electron chi connectivity index (χ4n) is 4.43. The molecule has 1 aliphatic rings. The number of rotatable bonds is 8. The Morgan fingerprint density at radius 2 is 1.69 bits per heavy atom. The van der Waals surface area contributed by atoms with E-state index < -0.39 is 5.97 Å². The number of aryl methyl sites for hydroxylation is 1. The number of hydrogen-bond donors (Lipinski definition) is 2. The van der Waals surface area contributed by atoms with Crippen molar-refractivity contribution in [1.82, 2.24) is 14.9 Å². The summed E-state index contributed by atoms with van der Waals surface area (Å²) >= 11 is 0. The van der Waals surface area contributed by atoms with Gasteiger partial charge in [-0.2, -0.15) is 0 Å². The highest BCUT2D eigenvalue weighted by Gasteiger charge is 2.15. The van der Waals surface area contributed by atoms with E-state index in [-0.39, 0.29) is 5.56 Å². The van der Waals surface area contributed by atoms with Gasteiger partial charge in [-0.25, -0.2) is 9.78 Å². The van der Waals surface area contributed by atoms with Crippen LogP contribution in [0.5, 0.6) is 5.75 Å². The lowest BCUT2D eigenvalue weighted by atomic mass is 10.0. The quantitative estimate of drug-likeness (QED) is 0.352. The Kier molecular flexibility index (Phi) is 6.79. The zero-order chi connectivity index (χ0) is 24.2. The van der Waals surface area contributed by atoms with Crippen molar-refractivity contribution in [3.05, 3.63) is 71.8 Å². The first kappa shape index (κ1) is 23.1. The third-order valence-corrected chi connectivity index (χ3v) is 6.30. The number of nitrogens with zero attached hydrogens (tertiary/aromatic N) is 2. The first-order chi connectivity index (χ1) is 17.1. The van der Waals surface area contributed by atoms with Crippen molar-refractivity contribution in [1.29, 1.82) is 0 Å². The largest absolute Gasteiger partial charge is 0.494 e. The molecule has 0 spiro atoms. The lowest BCUT2D eigenvalue weighted by Crippen LogP contribution is -2.37. The number of ether oxygens (including phenoxy) is 2. The van der Waals surface area contributed by atoms with Crippen LogP contribution in [-0.2, 0) is 4.74 Å². The zero-order valence-corrected chi connectivity index (χ0v) is 19.8. The van der Waals surface area contributed by atoms with E-state index in [1.807, 2.05) is 49.4 Å². The van der Waals surface area contributed by atoms with Gasteiger partial charge in [0.25, 0.3) is 0 Å². The molecule has 0 aliphatic carbocycles. The van der Waals surface area contributed by atoms with Gasteiger partial charge in [0.05, 0.1) is 30.9 Å². The van der Waals surface area contributed by atoms with Gasteiger partial charge in [-0.3, -0.25) is 4.90 Å². The monoisotopic (exact) mass is 471 g/mol. The highest BCUT2D eigenvalue weighted by Crippen LogP contribution is 2.28. The Morgan fingerprint density at radius 1 is 1.03 bits per heavy atom. The summed E-state index contributed by atoms with van der Waals surface area (Å²) in [7, 11) is 0. The number of morpholine rings is 1. The molecule has 1 fully saturated rings. The van der Waals surface area contributed by atoms with Gasteiger partial charge in [0.2, 0.25) is 0 Å². The minimum absolute atomic E-state index is 0.211.